The number of rotatable bonds is 8. The molecule has 0 atom stereocenters. The lowest BCUT2D eigenvalue weighted by molar-refractivity contribution is 0.0948. The number of hydrogen-bond donors (Lipinski definition) is 2. The molecule has 2 rings (SSSR count). The number of aromatic nitrogens is 2. The molecule has 1 amide bonds. The molecule has 6 heteroatoms. The predicted molar refractivity (Wildman–Crippen MR) is 94.8 cm³/mol. The minimum atomic E-state index is -0.186. The summed E-state index contributed by atoms with van der Waals surface area (Å²) in [6.45, 7) is 6.70. The fourth-order valence-corrected chi connectivity index (χ4v) is 2.03. The van der Waals surface area contributed by atoms with Gasteiger partial charge in [0.1, 0.15) is 11.4 Å². The van der Waals surface area contributed by atoms with Gasteiger partial charge in [-0.25, -0.2) is 9.97 Å². The topological polar surface area (TPSA) is 76.1 Å². The fraction of sp³-hybridized carbons (Fsp3) is 0.389. The van der Waals surface area contributed by atoms with Gasteiger partial charge >= 0.3 is 0 Å². The lowest BCUT2D eigenvalue weighted by Crippen LogP contribution is -2.25. The zero-order valence-corrected chi connectivity index (χ0v) is 14.4. The molecule has 0 bridgehead atoms. The van der Waals surface area contributed by atoms with E-state index in [1.165, 1.54) is 0 Å². The van der Waals surface area contributed by atoms with Crippen LogP contribution in [0.3, 0.4) is 0 Å². The van der Waals surface area contributed by atoms with Gasteiger partial charge in [-0.3, -0.25) is 4.79 Å². The molecule has 1 aromatic carbocycles. The van der Waals surface area contributed by atoms with E-state index in [2.05, 4.69) is 27.5 Å². The van der Waals surface area contributed by atoms with Crippen LogP contribution in [0.15, 0.2) is 36.5 Å². The molecule has 0 fully saturated rings. The SMILES string of the molecule is CCCCNC(=O)c1ccnc(Nc2ccc(OC(C)C)cc2)n1. The molecule has 0 aliphatic rings. The lowest BCUT2D eigenvalue weighted by atomic mass is 10.3. The Labute approximate surface area is 142 Å². The first-order chi connectivity index (χ1) is 11.6. The van der Waals surface area contributed by atoms with Gasteiger partial charge < -0.3 is 15.4 Å². The first kappa shape index (κ1) is 17.7. The molecule has 0 spiro atoms. The number of benzene rings is 1. The van der Waals surface area contributed by atoms with Crippen molar-refractivity contribution in [3.05, 3.63) is 42.2 Å². The molecule has 1 aromatic heterocycles. The summed E-state index contributed by atoms with van der Waals surface area (Å²) in [5.41, 5.74) is 1.18. The van der Waals surface area contributed by atoms with Crippen LogP contribution in [0.2, 0.25) is 0 Å². The molecule has 2 aromatic rings. The van der Waals surface area contributed by atoms with Crippen LogP contribution in [0.25, 0.3) is 0 Å². The Bertz CT molecular complexity index is 656. The normalized spacial score (nSPS) is 10.5. The quantitative estimate of drug-likeness (QED) is 0.725. The van der Waals surface area contributed by atoms with Crippen molar-refractivity contribution in [3.8, 4) is 5.75 Å². The maximum Gasteiger partial charge on any atom is 0.270 e. The first-order valence-electron chi connectivity index (χ1n) is 8.23. The largest absolute Gasteiger partial charge is 0.491 e. The van der Waals surface area contributed by atoms with E-state index in [0.29, 0.717) is 18.2 Å². The monoisotopic (exact) mass is 328 g/mol. The van der Waals surface area contributed by atoms with Crippen LogP contribution in [0.4, 0.5) is 11.6 Å². The van der Waals surface area contributed by atoms with Gasteiger partial charge in [-0.2, -0.15) is 0 Å². The zero-order valence-electron chi connectivity index (χ0n) is 14.4. The number of ether oxygens (including phenoxy) is 1. The van der Waals surface area contributed by atoms with Crippen molar-refractivity contribution in [2.24, 2.45) is 0 Å². The molecule has 0 radical (unpaired) electrons. The second-order valence-electron chi connectivity index (χ2n) is 5.69. The highest BCUT2D eigenvalue weighted by Gasteiger charge is 2.08. The maximum atomic E-state index is 12.0. The first-order valence-corrected chi connectivity index (χ1v) is 8.23. The Morgan fingerprint density at radius 2 is 1.96 bits per heavy atom. The van der Waals surface area contributed by atoms with Crippen LogP contribution >= 0.6 is 0 Å². The van der Waals surface area contributed by atoms with Crippen LogP contribution in [0.5, 0.6) is 5.75 Å². The highest BCUT2D eigenvalue weighted by Crippen LogP contribution is 2.19. The number of nitrogens with one attached hydrogen (secondary N) is 2. The summed E-state index contributed by atoms with van der Waals surface area (Å²) in [6, 6.07) is 9.13. The number of amides is 1. The molecule has 0 unspecified atom stereocenters. The average Bonchev–Trinajstić information content (AvgIpc) is 2.56. The van der Waals surface area contributed by atoms with Gasteiger partial charge in [0.05, 0.1) is 6.10 Å². The molecular weight excluding hydrogens is 304 g/mol. The number of unbranched alkanes of at least 4 members (excludes halogenated alkanes) is 1. The summed E-state index contributed by atoms with van der Waals surface area (Å²) in [5, 5.41) is 5.93. The van der Waals surface area contributed by atoms with Gasteiger partial charge in [-0.1, -0.05) is 13.3 Å². The fourth-order valence-electron chi connectivity index (χ4n) is 2.03. The van der Waals surface area contributed by atoms with Gasteiger partial charge in [-0.15, -0.1) is 0 Å². The molecule has 0 saturated heterocycles. The van der Waals surface area contributed by atoms with Gasteiger partial charge in [0, 0.05) is 18.4 Å². The molecular formula is C18H24N4O2. The van der Waals surface area contributed by atoms with Gasteiger partial charge in [0.25, 0.3) is 5.91 Å². The Kier molecular flexibility index (Phi) is 6.54. The Morgan fingerprint density at radius 1 is 1.21 bits per heavy atom. The van der Waals surface area contributed by atoms with Crippen molar-refractivity contribution in [2.45, 2.75) is 39.7 Å². The van der Waals surface area contributed by atoms with E-state index in [1.54, 1.807) is 12.3 Å². The lowest BCUT2D eigenvalue weighted by Gasteiger charge is -2.11. The van der Waals surface area contributed by atoms with E-state index in [4.69, 9.17) is 4.74 Å². The van der Waals surface area contributed by atoms with E-state index >= 15 is 0 Å². The third kappa shape index (κ3) is 5.53. The van der Waals surface area contributed by atoms with Crippen molar-refractivity contribution in [1.29, 1.82) is 0 Å². The average molecular weight is 328 g/mol. The summed E-state index contributed by atoms with van der Waals surface area (Å²) >= 11 is 0. The van der Waals surface area contributed by atoms with Crippen LogP contribution in [0.1, 0.15) is 44.1 Å². The van der Waals surface area contributed by atoms with E-state index in [-0.39, 0.29) is 12.0 Å². The van der Waals surface area contributed by atoms with Gasteiger partial charge in [0.2, 0.25) is 5.95 Å². The molecule has 128 valence electrons. The number of carbonyl (C=O) groups excluding carboxylic acids is 1. The summed E-state index contributed by atoms with van der Waals surface area (Å²) in [4.78, 5) is 20.4. The maximum absolute atomic E-state index is 12.0. The van der Waals surface area contributed by atoms with Gasteiger partial charge in [0.15, 0.2) is 0 Å². The van der Waals surface area contributed by atoms with E-state index in [0.717, 1.165) is 24.3 Å². The van der Waals surface area contributed by atoms with Crippen molar-refractivity contribution in [3.63, 3.8) is 0 Å². The molecule has 0 aliphatic heterocycles. The summed E-state index contributed by atoms with van der Waals surface area (Å²) in [5.74, 6) is 1.01. The van der Waals surface area contributed by atoms with Crippen molar-refractivity contribution in [2.75, 3.05) is 11.9 Å². The summed E-state index contributed by atoms with van der Waals surface area (Å²) < 4.78 is 5.60. The molecule has 1 heterocycles. The smallest absolute Gasteiger partial charge is 0.270 e. The van der Waals surface area contributed by atoms with Crippen LogP contribution in [0, 0.1) is 0 Å². The van der Waals surface area contributed by atoms with Crippen LogP contribution < -0.4 is 15.4 Å². The number of anilines is 2. The predicted octanol–water partition coefficient (Wildman–Crippen LogP) is 3.54. The van der Waals surface area contributed by atoms with Crippen molar-refractivity contribution in [1.82, 2.24) is 15.3 Å². The zero-order chi connectivity index (χ0) is 17.4. The second-order valence-corrected chi connectivity index (χ2v) is 5.69. The molecule has 6 nitrogen and oxygen atoms in total. The highest BCUT2D eigenvalue weighted by molar-refractivity contribution is 5.92. The van der Waals surface area contributed by atoms with Crippen LogP contribution in [-0.2, 0) is 0 Å². The van der Waals surface area contributed by atoms with Crippen molar-refractivity contribution < 1.29 is 9.53 Å². The number of carbonyl (C=O) groups is 1. The Balaban J connectivity index is 1.99. The van der Waals surface area contributed by atoms with E-state index in [9.17, 15) is 4.79 Å². The number of hydrogen-bond acceptors (Lipinski definition) is 5. The molecule has 0 aliphatic carbocycles. The molecule has 24 heavy (non-hydrogen) atoms. The van der Waals surface area contributed by atoms with Crippen LogP contribution in [-0.4, -0.2) is 28.5 Å². The van der Waals surface area contributed by atoms with Gasteiger partial charge in [-0.05, 0) is 50.6 Å². The minimum Gasteiger partial charge on any atom is -0.491 e. The highest BCUT2D eigenvalue weighted by atomic mass is 16.5. The molecule has 0 saturated carbocycles. The third-order valence-corrected chi connectivity index (χ3v) is 3.19. The Morgan fingerprint density at radius 3 is 2.62 bits per heavy atom. The summed E-state index contributed by atoms with van der Waals surface area (Å²) in [6.07, 6.45) is 3.69. The van der Waals surface area contributed by atoms with E-state index in [1.807, 2.05) is 38.1 Å². The standard InChI is InChI=1S/C18H24N4O2/c1-4-5-11-19-17(23)16-10-12-20-18(22-16)21-14-6-8-15(9-7-14)24-13(2)3/h6-10,12-13H,4-5,11H2,1-3H3,(H,19,23)(H,20,21,22). The van der Waals surface area contributed by atoms with Crippen molar-refractivity contribution >= 4 is 17.5 Å². The molecule has 2 N–H and O–H groups in total. The third-order valence-electron chi connectivity index (χ3n) is 3.19. The summed E-state index contributed by atoms with van der Waals surface area (Å²) in [7, 11) is 0. The minimum absolute atomic E-state index is 0.134. The Hall–Kier alpha value is -2.63. The number of nitrogens with zero attached hydrogens (tertiary/aromatic N) is 2. The second kappa shape index (κ2) is 8.86. The van der Waals surface area contributed by atoms with E-state index < -0.39 is 0 Å².